The summed E-state index contributed by atoms with van der Waals surface area (Å²) in [4.78, 5) is 0. The quantitative estimate of drug-likeness (QED) is 0.790. The van der Waals surface area contributed by atoms with Crippen LogP contribution in [0.5, 0.6) is 11.5 Å². The monoisotopic (exact) mass is 243 g/mol. The fourth-order valence-electron chi connectivity index (χ4n) is 1.49. The SMILES string of the molecule is COc1ccc(OB(O)Nc2ccccc2)cc1. The minimum Gasteiger partial charge on any atom is -0.518 e. The van der Waals surface area contributed by atoms with Crippen molar-refractivity contribution >= 4 is 12.9 Å². The molecule has 18 heavy (non-hydrogen) atoms. The van der Waals surface area contributed by atoms with Gasteiger partial charge in [-0.05, 0) is 36.4 Å². The molecule has 0 aromatic heterocycles. The molecule has 0 amide bonds. The summed E-state index contributed by atoms with van der Waals surface area (Å²) in [5.74, 6) is 1.31. The molecule has 2 aromatic carbocycles. The molecule has 0 spiro atoms. The van der Waals surface area contributed by atoms with Crippen molar-refractivity contribution in [3.05, 3.63) is 54.6 Å². The highest BCUT2D eigenvalue weighted by Crippen LogP contribution is 2.17. The summed E-state index contributed by atoms with van der Waals surface area (Å²) >= 11 is 0. The Hall–Kier alpha value is -2.14. The van der Waals surface area contributed by atoms with Gasteiger partial charge in [-0.25, -0.2) is 0 Å². The summed E-state index contributed by atoms with van der Waals surface area (Å²) in [6.45, 7) is 0. The zero-order valence-corrected chi connectivity index (χ0v) is 10.0. The van der Waals surface area contributed by atoms with E-state index in [0.717, 1.165) is 11.4 Å². The van der Waals surface area contributed by atoms with Crippen LogP contribution in [-0.4, -0.2) is 19.4 Å². The second-order valence-electron chi connectivity index (χ2n) is 3.66. The number of benzene rings is 2. The van der Waals surface area contributed by atoms with Crippen LogP contribution in [-0.2, 0) is 0 Å². The van der Waals surface area contributed by atoms with E-state index >= 15 is 0 Å². The zero-order valence-electron chi connectivity index (χ0n) is 10.0. The Morgan fingerprint density at radius 3 is 2.17 bits per heavy atom. The van der Waals surface area contributed by atoms with Crippen LogP contribution in [0.4, 0.5) is 5.69 Å². The first-order valence-electron chi connectivity index (χ1n) is 5.58. The standard InChI is InChI=1S/C13H14BNO3/c1-17-12-7-9-13(10-8-12)18-14(16)15-11-5-3-2-4-6-11/h2-10,15-16H,1H3. The maximum absolute atomic E-state index is 9.72. The summed E-state index contributed by atoms with van der Waals surface area (Å²) < 4.78 is 10.3. The predicted molar refractivity (Wildman–Crippen MR) is 71.7 cm³/mol. The van der Waals surface area contributed by atoms with Gasteiger partial charge < -0.3 is 19.6 Å². The fourth-order valence-corrected chi connectivity index (χ4v) is 1.49. The third kappa shape index (κ3) is 3.43. The van der Waals surface area contributed by atoms with Crippen LogP contribution >= 0.6 is 0 Å². The van der Waals surface area contributed by atoms with E-state index in [2.05, 4.69) is 5.23 Å². The van der Waals surface area contributed by atoms with Crippen molar-refractivity contribution in [3.8, 4) is 11.5 Å². The van der Waals surface area contributed by atoms with E-state index in [1.807, 2.05) is 30.3 Å². The molecule has 0 bridgehead atoms. The second-order valence-corrected chi connectivity index (χ2v) is 3.66. The Balaban J connectivity index is 1.92. The molecule has 2 N–H and O–H groups in total. The van der Waals surface area contributed by atoms with Crippen LogP contribution in [0.25, 0.3) is 0 Å². The molecule has 92 valence electrons. The second kappa shape index (κ2) is 5.98. The Kier molecular flexibility index (Phi) is 4.09. The predicted octanol–water partition coefficient (Wildman–Crippen LogP) is 2.16. The molecule has 0 radical (unpaired) electrons. The molecule has 0 atom stereocenters. The van der Waals surface area contributed by atoms with Gasteiger partial charge in [0.25, 0.3) is 0 Å². The average molecular weight is 243 g/mol. The van der Waals surface area contributed by atoms with E-state index in [9.17, 15) is 5.02 Å². The first kappa shape index (κ1) is 12.3. The summed E-state index contributed by atoms with van der Waals surface area (Å²) in [6, 6.07) is 16.4. The van der Waals surface area contributed by atoms with Crippen LogP contribution in [0.2, 0.25) is 0 Å². The summed E-state index contributed by atoms with van der Waals surface area (Å²) in [5.41, 5.74) is 0.790. The van der Waals surface area contributed by atoms with E-state index in [0.29, 0.717) is 5.75 Å². The van der Waals surface area contributed by atoms with Gasteiger partial charge in [-0.15, -0.1) is 0 Å². The molecule has 2 rings (SSSR count). The Morgan fingerprint density at radius 2 is 1.56 bits per heavy atom. The smallest absolute Gasteiger partial charge is 0.518 e. The van der Waals surface area contributed by atoms with E-state index < -0.39 is 7.25 Å². The van der Waals surface area contributed by atoms with Crippen molar-refractivity contribution in [1.82, 2.24) is 0 Å². The molecule has 4 nitrogen and oxygen atoms in total. The normalized spacial score (nSPS) is 9.67. The van der Waals surface area contributed by atoms with Crippen molar-refractivity contribution in [1.29, 1.82) is 0 Å². The van der Waals surface area contributed by atoms with Gasteiger partial charge in [0.15, 0.2) is 0 Å². The molecule has 5 heteroatoms. The van der Waals surface area contributed by atoms with Crippen molar-refractivity contribution in [2.75, 3.05) is 12.3 Å². The minimum atomic E-state index is -1.10. The fraction of sp³-hybridized carbons (Fsp3) is 0.0769. The highest BCUT2D eigenvalue weighted by atomic mass is 16.5. The van der Waals surface area contributed by atoms with Gasteiger partial charge in [-0.1, -0.05) is 18.2 Å². The third-order valence-electron chi connectivity index (χ3n) is 2.37. The molecule has 2 aromatic rings. The third-order valence-corrected chi connectivity index (χ3v) is 2.37. The van der Waals surface area contributed by atoms with E-state index in [-0.39, 0.29) is 0 Å². The number of nitrogens with one attached hydrogen (secondary N) is 1. The number of hydrogen-bond acceptors (Lipinski definition) is 4. The number of anilines is 1. The van der Waals surface area contributed by atoms with E-state index in [1.54, 1.807) is 31.4 Å². The van der Waals surface area contributed by atoms with E-state index in [1.165, 1.54) is 0 Å². The number of methoxy groups -OCH3 is 1. The van der Waals surface area contributed by atoms with Gasteiger partial charge >= 0.3 is 7.25 Å². The van der Waals surface area contributed by atoms with Gasteiger partial charge in [-0.3, -0.25) is 0 Å². The maximum atomic E-state index is 9.72. The molecule has 0 aliphatic rings. The van der Waals surface area contributed by atoms with Crippen LogP contribution in [0, 0.1) is 0 Å². The lowest BCUT2D eigenvalue weighted by molar-refractivity contribution is 0.409. The number of ether oxygens (including phenoxy) is 1. The molecule has 0 fully saturated rings. The first-order chi connectivity index (χ1) is 8.78. The first-order valence-corrected chi connectivity index (χ1v) is 5.58. The Bertz CT molecular complexity index is 475. The van der Waals surface area contributed by atoms with Crippen LogP contribution in [0.15, 0.2) is 54.6 Å². The highest BCUT2D eigenvalue weighted by Gasteiger charge is 2.16. The number of para-hydroxylation sites is 1. The Labute approximate surface area is 106 Å². The van der Waals surface area contributed by atoms with Crippen LogP contribution in [0.1, 0.15) is 0 Å². The maximum Gasteiger partial charge on any atom is 0.659 e. The van der Waals surface area contributed by atoms with Gasteiger partial charge in [0.1, 0.15) is 11.5 Å². The molecule has 0 aliphatic heterocycles. The van der Waals surface area contributed by atoms with Crippen molar-refractivity contribution in [2.24, 2.45) is 0 Å². The topological polar surface area (TPSA) is 50.7 Å². The van der Waals surface area contributed by atoms with E-state index in [4.69, 9.17) is 9.39 Å². The lowest BCUT2D eigenvalue weighted by Gasteiger charge is -2.11. The lowest BCUT2D eigenvalue weighted by atomic mass is 10.1. The zero-order chi connectivity index (χ0) is 12.8. The largest absolute Gasteiger partial charge is 0.659 e. The van der Waals surface area contributed by atoms with Crippen LogP contribution < -0.4 is 14.6 Å². The highest BCUT2D eigenvalue weighted by molar-refractivity contribution is 6.48. The van der Waals surface area contributed by atoms with Gasteiger partial charge in [0, 0.05) is 5.69 Å². The molecular weight excluding hydrogens is 229 g/mol. The van der Waals surface area contributed by atoms with Crippen molar-refractivity contribution < 1.29 is 14.4 Å². The summed E-state index contributed by atoms with van der Waals surface area (Å²) in [5, 5.41) is 12.5. The minimum absolute atomic E-state index is 0.562. The number of hydrogen-bond donors (Lipinski definition) is 2. The molecule has 0 saturated heterocycles. The Morgan fingerprint density at radius 1 is 0.944 bits per heavy atom. The molecular formula is C13H14BNO3. The van der Waals surface area contributed by atoms with Gasteiger partial charge in [0.2, 0.25) is 0 Å². The van der Waals surface area contributed by atoms with Gasteiger partial charge in [-0.2, -0.15) is 0 Å². The van der Waals surface area contributed by atoms with Crippen molar-refractivity contribution in [3.63, 3.8) is 0 Å². The summed E-state index contributed by atoms with van der Waals surface area (Å²) in [7, 11) is 0.502. The number of rotatable bonds is 5. The lowest BCUT2D eigenvalue weighted by Crippen LogP contribution is -2.31. The average Bonchev–Trinajstić information content (AvgIpc) is 2.40. The molecule has 0 unspecified atom stereocenters. The van der Waals surface area contributed by atoms with Gasteiger partial charge in [0.05, 0.1) is 7.11 Å². The molecule has 0 heterocycles. The molecule has 0 aliphatic carbocycles. The summed E-state index contributed by atoms with van der Waals surface area (Å²) in [6.07, 6.45) is 0. The molecule has 0 saturated carbocycles. The van der Waals surface area contributed by atoms with Crippen LogP contribution in [0.3, 0.4) is 0 Å². The van der Waals surface area contributed by atoms with Crippen molar-refractivity contribution in [2.45, 2.75) is 0 Å².